The SMILES string of the molecule is NC(=O)c1cccc(NC(=O)Cc2csc3nc(-c4ccc(F)cc4)cn23)c1. The van der Waals surface area contributed by atoms with Gasteiger partial charge in [-0.25, -0.2) is 9.37 Å². The van der Waals surface area contributed by atoms with Crippen LogP contribution in [0.25, 0.3) is 16.2 Å². The zero-order valence-electron chi connectivity index (χ0n) is 14.6. The maximum absolute atomic E-state index is 13.1. The van der Waals surface area contributed by atoms with Crippen LogP contribution in [0.2, 0.25) is 0 Å². The molecular weight excluding hydrogens is 379 g/mol. The molecule has 0 aliphatic rings. The lowest BCUT2D eigenvalue weighted by atomic mass is 10.2. The largest absolute Gasteiger partial charge is 0.366 e. The second-order valence-electron chi connectivity index (χ2n) is 6.18. The van der Waals surface area contributed by atoms with Crippen LogP contribution in [0.4, 0.5) is 10.1 Å². The van der Waals surface area contributed by atoms with Gasteiger partial charge in [0.05, 0.1) is 12.1 Å². The van der Waals surface area contributed by atoms with Crippen molar-refractivity contribution in [3.63, 3.8) is 0 Å². The second kappa shape index (κ2) is 7.24. The van der Waals surface area contributed by atoms with Gasteiger partial charge in [0.2, 0.25) is 11.8 Å². The molecule has 28 heavy (non-hydrogen) atoms. The molecule has 0 radical (unpaired) electrons. The highest BCUT2D eigenvalue weighted by Crippen LogP contribution is 2.24. The van der Waals surface area contributed by atoms with Gasteiger partial charge in [0, 0.05) is 34.1 Å². The zero-order chi connectivity index (χ0) is 19.7. The molecule has 0 atom stereocenters. The van der Waals surface area contributed by atoms with Crippen LogP contribution in [0.3, 0.4) is 0 Å². The Kier molecular flexibility index (Phi) is 4.62. The van der Waals surface area contributed by atoms with Gasteiger partial charge < -0.3 is 11.1 Å². The van der Waals surface area contributed by atoms with Crippen molar-refractivity contribution in [2.45, 2.75) is 6.42 Å². The third-order valence-electron chi connectivity index (χ3n) is 4.20. The summed E-state index contributed by atoms with van der Waals surface area (Å²) in [6.45, 7) is 0. The van der Waals surface area contributed by atoms with E-state index in [-0.39, 0.29) is 18.1 Å². The van der Waals surface area contributed by atoms with E-state index in [2.05, 4.69) is 10.3 Å². The Morgan fingerprint density at radius 2 is 1.96 bits per heavy atom. The van der Waals surface area contributed by atoms with Crippen molar-refractivity contribution >= 4 is 33.8 Å². The first-order valence-corrected chi connectivity index (χ1v) is 9.29. The number of amides is 2. The number of carbonyl (C=O) groups is 2. The molecule has 0 fully saturated rings. The van der Waals surface area contributed by atoms with Crippen molar-refractivity contribution < 1.29 is 14.0 Å². The van der Waals surface area contributed by atoms with Crippen molar-refractivity contribution in [2.24, 2.45) is 5.73 Å². The van der Waals surface area contributed by atoms with E-state index in [1.54, 1.807) is 30.3 Å². The number of imidazole rings is 1. The lowest BCUT2D eigenvalue weighted by Gasteiger charge is -2.06. The highest BCUT2D eigenvalue weighted by molar-refractivity contribution is 7.15. The van der Waals surface area contributed by atoms with E-state index >= 15 is 0 Å². The highest BCUT2D eigenvalue weighted by Gasteiger charge is 2.13. The van der Waals surface area contributed by atoms with Crippen molar-refractivity contribution in [1.29, 1.82) is 0 Å². The molecule has 0 unspecified atom stereocenters. The van der Waals surface area contributed by atoms with Crippen LogP contribution >= 0.6 is 11.3 Å². The lowest BCUT2D eigenvalue weighted by Crippen LogP contribution is -2.16. The van der Waals surface area contributed by atoms with Gasteiger partial charge in [-0.15, -0.1) is 11.3 Å². The van der Waals surface area contributed by atoms with Crippen molar-refractivity contribution in [2.75, 3.05) is 5.32 Å². The van der Waals surface area contributed by atoms with E-state index in [1.807, 2.05) is 16.0 Å². The Hall–Kier alpha value is -3.52. The average Bonchev–Trinajstić information content (AvgIpc) is 3.24. The standard InChI is InChI=1S/C20H15FN4O2S/c21-14-6-4-12(5-7-14)17-10-25-16(11-28-20(25)24-17)9-18(26)23-15-3-1-2-13(8-15)19(22)27/h1-8,10-11H,9H2,(H2,22,27)(H,23,26). The summed E-state index contributed by atoms with van der Waals surface area (Å²) in [6, 6.07) is 12.6. The van der Waals surface area contributed by atoms with Gasteiger partial charge in [-0.2, -0.15) is 0 Å². The predicted octanol–water partition coefficient (Wildman–Crippen LogP) is 3.48. The molecule has 2 aromatic carbocycles. The van der Waals surface area contributed by atoms with E-state index < -0.39 is 5.91 Å². The highest BCUT2D eigenvalue weighted by atomic mass is 32.1. The topological polar surface area (TPSA) is 89.5 Å². The number of rotatable bonds is 5. The fourth-order valence-electron chi connectivity index (χ4n) is 2.84. The summed E-state index contributed by atoms with van der Waals surface area (Å²) in [6.07, 6.45) is 1.97. The number of nitrogens with two attached hydrogens (primary N) is 1. The summed E-state index contributed by atoms with van der Waals surface area (Å²) in [5.74, 6) is -1.08. The molecule has 3 N–H and O–H groups in total. The molecule has 0 saturated heterocycles. The first kappa shape index (κ1) is 17.9. The monoisotopic (exact) mass is 394 g/mol. The van der Waals surface area contributed by atoms with Crippen LogP contribution in [0, 0.1) is 5.82 Å². The summed E-state index contributed by atoms with van der Waals surface area (Å²) in [4.78, 5) is 29.0. The smallest absolute Gasteiger partial charge is 0.248 e. The van der Waals surface area contributed by atoms with Crippen LogP contribution in [-0.2, 0) is 11.2 Å². The van der Waals surface area contributed by atoms with E-state index in [0.29, 0.717) is 16.9 Å². The fourth-order valence-corrected chi connectivity index (χ4v) is 3.71. The Bertz CT molecular complexity index is 1180. The molecule has 4 rings (SSSR count). The maximum Gasteiger partial charge on any atom is 0.248 e. The number of benzene rings is 2. The Morgan fingerprint density at radius 3 is 2.71 bits per heavy atom. The predicted molar refractivity (Wildman–Crippen MR) is 106 cm³/mol. The molecule has 2 amide bonds. The number of primary amides is 1. The van der Waals surface area contributed by atoms with Crippen molar-refractivity contribution in [3.05, 3.63) is 77.2 Å². The molecule has 2 heterocycles. The molecule has 0 spiro atoms. The van der Waals surface area contributed by atoms with Gasteiger partial charge in [0.15, 0.2) is 4.96 Å². The average molecular weight is 394 g/mol. The summed E-state index contributed by atoms with van der Waals surface area (Å²) in [5, 5.41) is 4.64. The van der Waals surface area contributed by atoms with Gasteiger partial charge in [-0.1, -0.05) is 6.07 Å². The van der Waals surface area contributed by atoms with Crippen LogP contribution in [0.5, 0.6) is 0 Å². The third-order valence-corrected chi connectivity index (χ3v) is 5.08. The minimum absolute atomic E-state index is 0.139. The van der Waals surface area contributed by atoms with Gasteiger partial charge in [0.1, 0.15) is 5.82 Å². The molecule has 140 valence electrons. The fraction of sp³-hybridized carbons (Fsp3) is 0.0500. The van der Waals surface area contributed by atoms with Crippen LogP contribution in [-0.4, -0.2) is 21.2 Å². The normalized spacial score (nSPS) is 10.9. The summed E-state index contributed by atoms with van der Waals surface area (Å²) < 4.78 is 15.0. The molecule has 8 heteroatoms. The number of anilines is 1. The number of carbonyl (C=O) groups excluding carboxylic acids is 2. The van der Waals surface area contributed by atoms with Gasteiger partial charge in [-0.05, 0) is 42.5 Å². The van der Waals surface area contributed by atoms with E-state index in [4.69, 9.17) is 5.73 Å². The first-order chi connectivity index (χ1) is 13.5. The molecular formula is C20H15FN4O2S. The van der Waals surface area contributed by atoms with Crippen LogP contribution in [0.1, 0.15) is 16.1 Å². The van der Waals surface area contributed by atoms with Crippen LogP contribution in [0.15, 0.2) is 60.1 Å². The second-order valence-corrected chi connectivity index (χ2v) is 7.02. The minimum atomic E-state index is -0.553. The quantitative estimate of drug-likeness (QED) is 0.543. The van der Waals surface area contributed by atoms with Crippen LogP contribution < -0.4 is 11.1 Å². The van der Waals surface area contributed by atoms with E-state index in [0.717, 1.165) is 16.2 Å². The summed E-state index contributed by atoms with van der Waals surface area (Å²) in [7, 11) is 0. The lowest BCUT2D eigenvalue weighted by molar-refractivity contribution is -0.115. The number of nitrogens with one attached hydrogen (secondary N) is 1. The zero-order valence-corrected chi connectivity index (χ0v) is 15.4. The molecule has 2 aromatic heterocycles. The number of thiazole rings is 1. The number of hydrogen-bond acceptors (Lipinski definition) is 4. The summed E-state index contributed by atoms with van der Waals surface area (Å²) >= 11 is 1.42. The summed E-state index contributed by atoms with van der Waals surface area (Å²) in [5.41, 5.74) is 8.39. The van der Waals surface area contributed by atoms with Gasteiger partial charge >= 0.3 is 0 Å². The molecule has 0 bridgehead atoms. The molecule has 0 saturated carbocycles. The Morgan fingerprint density at radius 1 is 1.18 bits per heavy atom. The minimum Gasteiger partial charge on any atom is -0.366 e. The molecule has 0 aliphatic heterocycles. The molecule has 6 nitrogen and oxygen atoms in total. The van der Waals surface area contributed by atoms with E-state index in [9.17, 15) is 14.0 Å². The molecule has 4 aromatic rings. The number of nitrogens with zero attached hydrogens (tertiary/aromatic N) is 2. The Labute approximate surface area is 163 Å². The van der Waals surface area contributed by atoms with Gasteiger partial charge in [-0.3, -0.25) is 14.0 Å². The van der Waals surface area contributed by atoms with Gasteiger partial charge in [0.25, 0.3) is 0 Å². The maximum atomic E-state index is 13.1. The van der Waals surface area contributed by atoms with Crippen molar-refractivity contribution in [3.8, 4) is 11.3 Å². The van der Waals surface area contributed by atoms with E-state index in [1.165, 1.54) is 29.5 Å². The van der Waals surface area contributed by atoms with Crippen molar-refractivity contribution in [1.82, 2.24) is 9.38 Å². The third kappa shape index (κ3) is 3.63. The number of hydrogen-bond donors (Lipinski definition) is 2. The number of aromatic nitrogens is 2. The first-order valence-electron chi connectivity index (χ1n) is 8.41. The Balaban J connectivity index is 1.53. The number of fused-ring (bicyclic) bond motifs is 1. The number of halogens is 1. The molecule has 0 aliphatic carbocycles.